The van der Waals surface area contributed by atoms with Crippen molar-refractivity contribution in [1.82, 2.24) is 0 Å². The Balaban J connectivity index is 3.17. The number of aryl methyl sites for hydroxylation is 1. The highest BCUT2D eigenvalue weighted by molar-refractivity contribution is 9.10. The van der Waals surface area contributed by atoms with Gasteiger partial charge in [-0.25, -0.2) is 0 Å². The lowest BCUT2D eigenvalue weighted by Gasteiger charge is -2.27. The van der Waals surface area contributed by atoms with Crippen LogP contribution in [0, 0.1) is 6.92 Å². The molecule has 1 atom stereocenters. The van der Waals surface area contributed by atoms with Gasteiger partial charge in [-0.05, 0) is 37.1 Å². The summed E-state index contributed by atoms with van der Waals surface area (Å²) in [5.41, 5.74) is 7.62. The summed E-state index contributed by atoms with van der Waals surface area (Å²) in [6, 6.07) is 6.21. The van der Waals surface area contributed by atoms with Crippen LogP contribution in [0.25, 0.3) is 0 Å². The maximum atomic E-state index is 5.71. The zero-order chi connectivity index (χ0) is 10.8. The third kappa shape index (κ3) is 2.35. The number of hydrogen-bond acceptors (Lipinski definition) is 2. The van der Waals surface area contributed by atoms with E-state index in [1.807, 2.05) is 13.0 Å². The van der Waals surface area contributed by atoms with Crippen LogP contribution < -0.4 is 5.73 Å². The molecule has 0 aromatic heterocycles. The van der Waals surface area contributed by atoms with E-state index in [0.717, 1.165) is 10.0 Å². The van der Waals surface area contributed by atoms with Gasteiger partial charge in [-0.2, -0.15) is 0 Å². The molecule has 0 fully saturated rings. The second-order valence-electron chi connectivity index (χ2n) is 3.66. The van der Waals surface area contributed by atoms with Gasteiger partial charge < -0.3 is 10.5 Å². The van der Waals surface area contributed by atoms with Crippen LogP contribution in [-0.4, -0.2) is 13.7 Å². The normalized spacial score (nSPS) is 15.2. The van der Waals surface area contributed by atoms with Gasteiger partial charge in [-0.1, -0.05) is 22.0 Å². The average Bonchev–Trinajstić information content (AvgIpc) is 2.15. The lowest BCUT2D eigenvalue weighted by Crippen LogP contribution is -2.33. The van der Waals surface area contributed by atoms with Gasteiger partial charge in [0, 0.05) is 18.1 Å². The summed E-state index contributed by atoms with van der Waals surface area (Å²) in [5, 5.41) is 0. The fourth-order valence-corrected chi connectivity index (χ4v) is 1.97. The molecule has 0 spiro atoms. The van der Waals surface area contributed by atoms with E-state index in [0.29, 0.717) is 6.54 Å². The maximum Gasteiger partial charge on any atom is 0.102 e. The second kappa shape index (κ2) is 4.43. The molecule has 1 aromatic carbocycles. The van der Waals surface area contributed by atoms with Crippen molar-refractivity contribution in [3.63, 3.8) is 0 Å². The van der Waals surface area contributed by atoms with Gasteiger partial charge in [0.05, 0.1) is 0 Å². The summed E-state index contributed by atoms with van der Waals surface area (Å²) in [4.78, 5) is 0. The summed E-state index contributed by atoms with van der Waals surface area (Å²) in [6.07, 6.45) is 0. The minimum absolute atomic E-state index is 0.394. The van der Waals surface area contributed by atoms with Crippen LogP contribution in [0.3, 0.4) is 0 Å². The standard InChI is InChI=1S/C11H16BrNO/c1-8-4-9(6-10(12)5-8)11(2,7-13)14-3/h4-6H,7,13H2,1-3H3. The molecule has 0 aliphatic heterocycles. The summed E-state index contributed by atoms with van der Waals surface area (Å²) in [6.45, 7) is 4.52. The first kappa shape index (κ1) is 11.7. The van der Waals surface area contributed by atoms with Crippen molar-refractivity contribution in [3.8, 4) is 0 Å². The molecule has 2 nitrogen and oxygen atoms in total. The van der Waals surface area contributed by atoms with Gasteiger partial charge >= 0.3 is 0 Å². The summed E-state index contributed by atoms with van der Waals surface area (Å²) in [7, 11) is 1.68. The Labute approximate surface area is 93.6 Å². The summed E-state index contributed by atoms with van der Waals surface area (Å²) < 4.78 is 6.50. The molecule has 14 heavy (non-hydrogen) atoms. The highest BCUT2D eigenvalue weighted by Gasteiger charge is 2.24. The average molecular weight is 258 g/mol. The lowest BCUT2D eigenvalue weighted by molar-refractivity contribution is 0.00999. The van der Waals surface area contributed by atoms with Crippen molar-refractivity contribution in [2.75, 3.05) is 13.7 Å². The van der Waals surface area contributed by atoms with E-state index in [4.69, 9.17) is 10.5 Å². The minimum atomic E-state index is -0.394. The van der Waals surface area contributed by atoms with Crippen molar-refractivity contribution < 1.29 is 4.74 Å². The van der Waals surface area contributed by atoms with Gasteiger partial charge in [0.15, 0.2) is 0 Å². The highest BCUT2D eigenvalue weighted by atomic mass is 79.9. The van der Waals surface area contributed by atoms with E-state index < -0.39 is 5.60 Å². The van der Waals surface area contributed by atoms with E-state index in [1.165, 1.54) is 5.56 Å². The first-order valence-electron chi connectivity index (χ1n) is 4.55. The van der Waals surface area contributed by atoms with Gasteiger partial charge in [0.1, 0.15) is 5.60 Å². The summed E-state index contributed by atoms with van der Waals surface area (Å²) in [5.74, 6) is 0. The third-order valence-electron chi connectivity index (χ3n) is 2.49. The quantitative estimate of drug-likeness (QED) is 0.904. The fourth-order valence-electron chi connectivity index (χ4n) is 1.36. The van der Waals surface area contributed by atoms with E-state index >= 15 is 0 Å². The SMILES string of the molecule is COC(C)(CN)c1cc(C)cc(Br)c1. The molecule has 2 N–H and O–H groups in total. The molecule has 1 rings (SSSR count). The smallest absolute Gasteiger partial charge is 0.102 e. The Hall–Kier alpha value is -0.380. The fraction of sp³-hybridized carbons (Fsp3) is 0.455. The van der Waals surface area contributed by atoms with Gasteiger partial charge in [-0.3, -0.25) is 0 Å². The first-order valence-corrected chi connectivity index (χ1v) is 5.34. The van der Waals surface area contributed by atoms with E-state index in [2.05, 4.69) is 35.0 Å². The molecule has 0 aliphatic rings. The van der Waals surface area contributed by atoms with Crippen LogP contribution in [0.5, 0.6) is 0 Å². The van der Waals surface area contributed by atoms with E-state index in [9.17, 15) is 0 Å². The van der Waals surface area contributed by atoms with Gasteiger partial charge in [0.2, 0.25) is 0 Å². The van der Waals surface area contributed by atoms with Crippen molar-refractivity contribution >= 4 is 15.9 Å². The number of halogens is 1. The Morgan fingerprint density at radius 2 is 2.07 bits per heavy atom. The molecule has 3 heteroatoms. The van der Waals surface area contributed by atoms with Crippen LogP contribution >= 0.6 is 15.9 Å². The molecule has 1 unspecified atom stereocenters. The van der Waals surface area contributed by atoms with Crippen LogP contribution in [0.2, 0.25) is 0 Å². The van der Waals surface area contributed by atoms with Crippen LogP contribution in [0.1, 0.15) is 18.1 Å². The number of rotatable bonds is 3. The molecule has 0 saturated carbocycles. The summed E-state index contributed by atoms with van der Waals surface area (Å²) >= 11 is 3.47. The van der Waals surface area contributed by atoms with Crippen LogP contribution in [0.4, 0.5) is 0 Å². The van der Waals surface area contributed by atoms with Crippen molar-refractivity contribution in [3.05, 3.63) is 33.8 Å². The minimum Gasteiger partial charge on any atom is -0.372 e. The topological polar surface area (TPSA) is 35.2 Å². The molecule has 0 amide bonds. The molecule has 1 aromatic rings. The van der Waals surface area contributed by atoms with Crippen LogP contribution in [0.15, 0.2) is 22.7 Å². The number of benzene rings is 1. The molecule has 0 aliphatic carbocycles. The Morgan fingerprint density at radius 3 is 2.50 bits per heavy atom. The number of hydrogen-bond donors (Lipinski definition) is 1. The predicted molar refractivity (Wildman–Crippen MR) is 62.3 cm³/mol. The molecule has 0 saturated heterocycles. The molecule has 78 valence electrons. The van der Waals surface area contributed by atoms with Crippen LogP contribution in [-0.2, 0) is 10.3 Å². The highest BCUT2D eigenvalue weighted by Crippen LogP contribution is 2.27. The Kier molecular flexibility index (Phi) is 3.70. The van der Waals surface area contributed by atoms with Crippen molar-refractivity contribution in [1.29, 1.82) is 0 Å². The maximum absolute atomic E-state index is 5.71. The number of methoxy groups -OCH3 is 1. The molecular formula is C11H16BrNO. The lowest BCUT2D eigenvalue weighted by atomic mass is 9.94. The van der Waals surface area contributed by atoms with E-state index in [1.54, 1.807) is 7.11 Å². The van der Waals surface area contributed by atoms with Gasteiger partial charge in [0.25, 0.3) is 0 Å². The number of nitrogens with two attached hydrogens (primary N) is 1. The Bertz CT molecular complexity index is 301. The van der Waals surface area contributed by atoms with Crippen molar-refractivity contribution in [2.45, 2.75) is 19.4 Å². The van der Waals surface area contributed by atoms with Crippen molar-refractivity contribution in [2.24, 2.45) is 5.73 Å². The molecular weight excluding hydrogens is 242 g/mol. The molecule has 0 bridgehead atoms. The third-order valence-corrected chi connectivity index (χ3v) is 2.95. The largest absolute Gasteiger partial charge is 0.372 e. The molecule has 0 radical (unpaired) electrons. The number of ether oxygens (including phenoxy) is 1. The zero-order valence-corrected chi connectivity index (χ0v) is 10.4. The molecule has 0 heterocycles. The monoisotopic (exact) mass is 257 g/mol. The first-order chi connectivity index (χ1) is 6.51. The van der Waals surface area contributed by atoms with E-state index in [-0.39, 0.29) is 0 Å². The second-order valence-corrected chi connectivity index (χ2v) is 4.57. The van der Waals surface area contributed by atoms with Gasteiger partial charge in [-0.15, -0.1) is 0 Å². The Morgan fingerprint density at radius 1 is 1.43 bits per heavy atom. The zero-order valence-electron chi connectivity index (χ0n) is 8.80. The predicted octanol–water partition coefficient (Wildman–Crippen LogP) is 2.58.